The number of aliphatic carboxylic acids is 1. The summed E-state index contributed by atoms with van der Waals surface area (Å²) in [6.07, 6.45) is 1.67. The third-order valence-electron chi connectivity index (χ3n) is 3.90. The van der Waals surface area contributed by atoms with E-state index < -0.39 is 17.4 Å². The summed E-state index contributed by atoms with van der Waals surface area (Å²) in [4.78, 5) is 27.6. The van der Waals surface area contributed by atoms with Gasteiger partial charge in [-0.3, -0.25) is 4.79 Å². The Morgan fingerprint density at radius 2 is 2.00 bits per heavy atom. The molecule has 5 nitrogen and oxygen atoms in total. The Labute approximate surface area is 125 Å². The van der Waals surface area contributed by atoms with Crippen molar-refractivity contribution in [2.45, 2.75) is 24.8 Å². The first-order valence-corrected chi connectivity index (χ1v) is 7.01. The highest BCUT2D eigenvalue weighted by Gasteiger charge is 2.46. The molecule has 2 aromatic rings. The van der Waals surface area contributed by atoms with E-state index in [4.69, 9.17) is 11.6 Å². The number of benzene rings is 1. The highest BCUT2D eigenvalue weighted by molar-refractivity contribution is 6.34. The maximum absolute atomic E-state index is 12.3. The lowest BCUT2D eigenvalue weighted by molar-refractivity contribution is -0.148. The fraction of sp³-hybridized carbons (Fsp3) is 0.267. The van der Waals surface area contributed by atoms with Crippen molar-refractivity contribution < 1.29 is 14.7 Å². The molecule has 0 radical (unpaired) electrons. The third-order valence-corrected chi connectivity index (χ3v) is 4.18. The predicted molar refractivity (Wildman–Crippen MR) is 78.4 cm³/mol. The molecular formula is C15H13ClN2O3. The van der Waals surface area contributed by atoms with Crippen LogP contribution in [0.4, 0.5) is 0 Å². The van der Waals surface area contributed by atoms with Crippen molar-refractivity contribution >= 4 is 34.2 Å². The number of carboxylic acids is 1. The lowest BCUT2D eigenvalue weighted by Gasteiger charge is -2.38. The number of pyridine rings is 1. The largest absolute Gasteiger partial charge is 0.480 e. The first-order chi connectivity index (χ1) is 10.0. The number of nitrogens with one attached hydrogen (secondary N) is 1. The van der Waals surface area contributed by atoms with Gasteiger partial charge >= 0.3 is 5.97 Å². The third kappa shape index (κ3) is 2.34. The summed E-state index contributed by atoms with van der Waals surface area (Å²) in [6.45, 7) is 0. The number of carbonyl (C=O) groups is 2. The molecule has 0 unspecified atom stereocenters. The monoisotopic (exact) mass is 304 g/mol. The van der Waals surface area contributed by atoms with Gasteiger partial charge in [0.1, 0.15) is 16.4 Å². The second kappa shape index (κ2) is 5.00. The number of hydrogen-bond donors (Lipinski definition) is 2. The smallest absolute Gasteiger partial charge is 0.329 e. The van der Waals surface area contributed by atoms with E-state index in [1.165, 1.54) is 0 Å². The molecule has 108 valence electrons. The number of rotatable bonds is 3. The van der Waals surface area contributed by atoms with Gasteiger partial charge in [-0.05, 0) is 30.7 Å². The van der Waals surface area contributed by atoms with Crippen LogP contribution >= 0.6 is 11.6 Å². The van der Waals surface area contributed by atoms with Crippen molar-refractivity contribution in [1.29, 1.82) is 0 Å². The summed E-state index contributed by atoms with van der Waals surface area (Å²) in [5.74, 6) is -1.52. The molecule has 0 atom stereocenters. The molecule has 3 rings (SSSR count). The van der Waals surface area contributed by atoms with Gasteiger partial charge < -0.3 is 10.4 Å². The minimum Gasteiger partial charge on any atom is -0.480 e. The molecule has 0 bridgehead atoms. The topological polar surface area (TPSA) is 79.3 Å². The van der Waals surface area contributed by atoms with Crippen LogP contribution in [-0.4, -0.2) is 27.5 Å². The summed E-state index contributed by atoms with van der Waals surface area (Å²) in [5.41, 5.74) is -1.03. The predicted octanol–water partition coefficient (Wildman–Crippen LogP) is 2.63. The van der Waals surface area contributed by atoms with Crippen LogP contribution in [-0.2, 0) is 4.79 Å². The van der Waals surface area contributed by atoms with E-state index in [0.29, 0.717) is 12.8 Å². The van der Waals surface area contributed by atoms with Gasteiger partial charge in [-0.2, -0.15) is 0 Å². The van der Waals surface area contributed by atoms with Gasteiger partial charge in [0.25, 0.3) is 5.91 Å². The zero-order valence-electron chi connectivity index (χ0n) is 11.1. The van der Waals surface area contributed by atoms with Crippen LogP contribution in [0.2, 0.25) is 5.15 Å². The van der Waals surface area contributed by atoms with Crippen molar-refractivity contribution in [2.75, 3.05) is 0 Å². The van der Waals surface area contributed by atoms with E-state index in [2.05, 4.69) is 10.3 Å². The minimum absolute atomic E-state index is 0.131. The fourth-order valence-corrected chi connectivity index (χ4v) is 2.74. The highest BCUT2D eigenvalue weighted by Crippen LogP contribution is 2.32. The van der Waals surface area contributed by atoms with Gasteiger partial charge in [0, 0.05) is 5.39 Å². The van der Waals surface area contributed by atoms with Crippen LogP contribution in [0.25, 0.3) is 10.8 Å². The maximum atomic E-state index is 12.3. The zero-order valence-corrected chi connectivity index (χ0v) is 11.9. The molecular weight excluding hydrogens is 292 g/mol. The highest BCUT2D eigenvalue weighted by atomic mass is 35.5. The van der Waals surface area contributed by atoms with E-state index >= 15 is 0 Å². The lowest BCUT2D eigenvalue weighted by atomic mass is 9.76. The van der Waals surface area contributed by atoms with Crippen LogP contribution in [0.15, 0.2) is 30.3 Å². The first kappa shape index (κ1) is 13.8. The quantitative estimate of drug-likeness (QED) is 0.854. The lowest BCUT2D eigenvalue weighted by Crippen LogP contribution is -2.59. The van der Waals surface area contributed by atoms with Crippen molar-refractivity contribution in [3.8, 4) is 0 Å². The number of carbonyl (C=O) groups excluding carboxylic acids is 1. The number of halogens is 1. The number of fused-ring (bicyclic) bond motifs is 1. The Bertz CT molecular complexity index is 741. The van der Waals surface area contributed by atoms with Gasteiger partial charge in [-0.15, -0.1) is 0 Å². The number of nitrogens with zero attached hydrogens (tertiary/aromatic N) is 1. The average Bonchev–Trinajstić information content (AvgIpc) is 2.42. The second-order valence-corrected chi connectivity index (χ2v) is 5.57. The van der Waals surface area contributed by atoms with Crippen LogP contribution in [0, 0.1) is 0 Å². The molecule has 1 aliphatic carbocycles. The normalized spacial score (nSPS) is 16.2. The van der Waals surface area contributed by atoms with E-state index in [9.17, 15) is 14.7 Å². The van der Waals surface area contributed by atoms with E-state index in [0.717, 1.165) is 17.2 Å². The summed E-state index contributed by atoms with van der Waals surface area (Å²) in [7, 11) is 0. The molecule has 1 amide bonds. The van der Waals surface area contributed by atoms with Crippen LogP contribution in [0.5, 0.6) is 0 Å². The number of aromatic nitrogens is 1. The molecule has 0 saturated heterocycles. The van der Waals surface area contributed by atoms with Gasteiger partial charge in [-0.1, -0.05) is 35.9 Å². The van der Waals surface area contributed by atoms with E-state index in [-0.39, 0.29) is 10.8 Å². The number of hydrogen-bond acceptors (Lipinski definition) is 3. The van der Waals surface area contributed by atoms with Crippen LogP contribution in [0.1, 0.15) is 29.8 Å². The van der Waals surface area contributed by atoms with Crippen LogP contribution in [0.3, 0.4) is 0 Å². The van der Waals surface area contributed by atoms with Crippen molar-refractivity contribution in [3.05, 3.63) is 41.2 Å². The summed E-state index contributed by atoms with van der Waals surface area (Å²) < 4.78 is 0. The molecule has 1 fully saturated rings. The molecule has 0 aliphatic heterocycles. The number of amides is 1. The molecule has 1 aromatic carbocycles. The van der Waals surface area contributed by atoms with Crippen molar-refractivity contribution in [2.24, 2.45) is 0 Å². The first-order valence-electron chi connectivity index (χ1n) is 6.63. The molecule has 6 heteroatoms. The Kier molecular flexibility index (Phi) is 3.29. The molecule has 1 saturated carbocycles. The Morgan fingerprint density at radius 1 is 1.29 bits per heavy atom. The van der Waals surface area contributed by atoms with E-state index in [1.807, 2.05) is 24.3 Å². The maximum Gasteiger partial charge on any atom is 0.329 e. The summed E-state index contributed by atoms with van der Waals surface area (Å²) in [6, 6.07) is 8.94. The molecule has 0 spiro atoms. The average molecular weight is 305 g/mol. The number of carboxylic acid groups (broad SMARTS) is 1. The Balaban J connectivity index is 1.93. The molecule has 1 aliphatic rings. The SMILES string of the molecule is O=C(NC1(C(=O)O)CCC1)c1cc2ccccc2c(Cl)n1. The van der Waals surface area contributed by atoms with Crippen molar-refractivity contribution in [3.63, 3.8) is 0 Å². The van der Waals surface area contributed by atoms with E-state index in [1.54, 1.807) is 6.07 Å². The van der Waals surface area contributed by atoms with Gasteiger partial charge in [0.05, 0.1) is 0 Å². The second-order valence-electron chi connectivity index (χ2n) is 5.21. The van der Waals surface area contributed by atoms with Crippen LogP contribution < -0.4 is 5.32 Å². The molecule has 2 N–H and O–H groups in total. The molecule has 1 heterocycles. The van der Waals surface area contributed by atoms with Gasteiger partial charge in [0.2, 0.25) is 0 Å². The Hall–Kier alpha value is -2.14. The fourth-order valence-electron chi connectivity index (χ4n) is 2.48. The van der Waals surface area contributed by atoms with Crippen molar-refractivity contribution in [1.82, 2.24) is 10.3 Å². The minimum atomic E-state index is -1.16. The van der Waals surface area contributed by atoms with Gasteiger partial charge in [0.15, 0.2) is 0 Å². The summed E-state index contributed by atoms with van der Waals surface area (Å²) >= 11 is 6.08. The van der Waals surface area contributed by atoms with Gasteiger partial charge in [-0.25, -0.2) is 9.78 Å². The summed E-state index contributed by atoms with van der Waals surface area (Å²) in [5, 5.41) is 13.6. The molecule has 21 heavy (non-hydrogen) atoms. The molecule has 1 aromatic heterocycles. The zero-order chi connectivity index (χ0) is 15.0. The standard InChI is InChI=1S/C15H13ClN2O3/c16-12-10-5-2-1-4-9(10)8-11(17-12)13(19)18-15(14(20)21)6-3-7-15/h1-2,4-5,8H,3,6-7H2,(H,18,19)(H,20,21). The Morgan fingerprint density at radius 3 is 2.62 bits per heavy atom.